The molecule has 0 spiro atoms. The van der Waals surface area contributed by atoms with Crippen LogP contribution in [0.15, 0.2) is 16.7 Å². The molecule has 4 nitrogen and oxygen atoms in total. The van der Waals surface area contributed by atoms with Gasteiger partial charge in [0.25, 0.3) is 0 Å². The maximum atomic E-state index is 6.14. The number of hydrogen-bond acceptors (Lipinski definition) is 2. The summed E-state index contributed by atoms with van der Waals surface area (Å²) in [4.78, 5) is 7.99. The number of H-pyrrole nitrogens is 1. The molecule has 0 aliphatic carbocycles. The molecule has 19 heavy (non-hydrogen) atoms. The van der Waals surface area contributed by atoms with Crippen molar-refractivity contribution in [1.29, 1.82) is 0 Å². The van der Waals surface area contributed by atoms with Crippen molar-refractivity contribution in [1.82, 2.24) is 19.7 Å². The molecule has 0 fully saturated rings. The highest BCUT2D eigenvalue weighted by Crippen LogP contribution is 2.29. The molecule has 3 aromatic rings. The summed E-state index contributed by atoms with van der Waals surface area (Å²) in [6.45, 7) is 2.91. The fourth-order valence-corrected chi connectivity index (χ4v) is 3.08. The number of aryl methyl sites for hydroxylation is 1. The summed E-state index contributed by atoms with van der Waals surface area (Å²) >= 11 is 9.80. The highest BCUT2D eigenvalue weighted by Gasteiger charge is 2.15. The average molecular weight is 342 g/mol. The lowest BCUT2D eigenvalue weighted by Gasteiger charge is -2.01. The molecular weight excluding hydrogens is 328 g/mol. The van der Waals surface area contributed by atoms with Crippen LogP contribution < -0.4 is 5.32 Å². The Bertz CT molecular complexity index is 759. The highest BCUT2D eigenvalue weighted by molar-refractivity contribution is 9.10. The largest absolute Gasteiger partial charge is 0.326 e. The summed E-state index contributed by atoms with van der Waals surface area (Å²) in [5.74, 6) is 0.846. The minimum absolute atomic E-state index is 0.750. The van der Waals surface area contributed by atoms with Gasteiger partial charge in [-0.25, -0.2) is 4.98 Å². The Kier molecular flexibility index (Phi) is 3.28. The minimum Gasteiger partial charge on any atom is -0.326 e. The Morgan fingerprint density at radius 3 is 3.00 bits per heavy atom. The number of imidazole rings is 2. The van der Waals surface area contributed by atoms with Crippen molar-refractivity contribution >= 4 is 44.3 Å². The Labute approximate surface area is 124 Å². The standard InChI is InChI=1S/C13H14BrClN4/c1-7-8(15)3-4-10-11(7)18-13-17-9(5-6-16-2)12(14)19(10)13/h3-4,16H,5-6H2,1-2H3,(H,17,18). The third-order valence-corrected chi connectivity index (χ3v) is 4.59. The number of hydrogen-bond donors (Lipinski definition) is 2. The van der Waals surface area contributed by atoms with E-state index in [4.69, 9.17) is 11.6 Å². The molecule has 0 unspecified atom stereocenters. The first kappa shape index (κ1) is 13.0. The molecule has 0 bridgehead atoms. The number of benzene rings is 1. The second-order valence-corrected chi connectivity index (χ2v) is 5.72. The second-order valence-electron chi connectivity index (χ2n) is 4.56. The lowest BCUT2D eigenvalue weighted by Crippen LogP contribution is -2.10. The van der Waals surface area contributed by atoms with Gasteiger partial charge >= 0.3 is 0 Å². The molecular formula is C13H14BrClN4. The molecule has 0 radical (unpaired) electrons. The summed E-state index contributed by atoms with van der Waals surface area (Å²) in [6.07, 6.45) is 0.925. The van der Waals surface area contributed by atoms with Crippen molar-refractivity contribution in [2.24, 2.45) is 0 Å². The van der Waals surface area contributed by atoms with Gasteiger partial charge in [0, 0.05) is 18.0 Å². The highest BCUT2D eigenvalue weighted by atomic mass is 79.9. The molecule has 0 aliphatic rings. The van der Waals surface area contributed by atoms with Crippen LogP contribution in [0.4, 0.5) is 0 Å². The van der Waals surface area contributed by atoms with Crippen LogP contribution in [-0.2, 0) is 6.42 Å². The molecule has 0 aliphatic heterocycles. The van der Waals surface area contributed by atoms with Crippen LogP contribution in [0.25, 0.3) is 16.8 Å². The number of rotatable bonds is 3. The topological polar surface area (TPSA) is 45.1 Å². The Morgan fingerprint density at radius 2 is 2.26 bits per heavy atom. The molecule has 2 aromatic heterocycles. The van der Waals surface area contributed by atoms with E-state index in [0.29, 0.717) is 0 Å². The molecule has 2 heterocycles. The maximum Gasteiger partial charge on any atom is 0.213 e. The van der Waals surface area contributed by atoms with E-state index >= 15 is 0 Å². The van der Waals surface area contributed by atoms with E-state index in [1.165, 1.54) is 0 Å². The Hall–Kier alpha value is -1.04. The van der Waals surface area contributed by atoms with Crippen LogP contribution in [0.1, 0.15) is 11.3 Å². The van der Waals surface area contributed by atoms with E-state index in [1.54, 1.807) is 0 Å². The summed E-state index contributed by atoms with van der Waals surface area (Å²) in [5.41, 5.74) is 4.17. The quantitative estimate of drug-likeness (QED) is 0.768. The minimum atomic E-state index is 0.750. The van der Waals surface area contributed by atoms with Gasteiger partial charge in [-0.3, -0.25) is 4.40 Å². The van der Waals surface area contributed by atoms with Crippen LogP contribution in [0.2, 0.25) is 5.02 Å². The lowest BCUT2D eigenvalue weighted by molar-refractivity contribution is 0.777. The zero-order chi connectivity index (χ0) is 13.6. The predicted molar refractivity (Wildman–Crippen MR) is 82.1 cm³/mol. The molecule has 0 amide bonds. The molecule has 3 rings (SSSR count). The first-order valence-electron chi connectivity index (χ1n) is 6.11. The van der Waals surface area contributed by atoms with Gasteiger partial charge in [-0.1, -0.05) is 11.6 Å². The third kappa shape index (κ3) is 1.96. The SMILES string of the molecule is CNCCc1[nH]c2nc3c(C)c(Cl)ccc3n2c1Br. The maximum absolute atomic E-state index is 6.14. The van der Waals surface area contributed by atoms with Gasteiger partial charge in [0.2, 0.25) is 5.78 Å². The Morgan fingerprint density at radius 1 is 1.47 bits per heavy atom. The molecule has 0 saturated carbocycles. The van der Waals surface area contributed by atoms with Crippen LogP contribution >= 0.6 is 27.5 Å². The smallest absolute Gasteiger partial charge is 0.213 e. The van der Waals surface area contributed by atoms with Gasteiger partial charge < -0.3 is 10.3 Å². The second kappa shape index (κ2) is 4.81. The zero-order valence-corrected chi connectivity index (χ0v) is 13.1. The monoisotopic (exact) mass is 340 g/mol. The van der Waals surface area contributed by atoms with Gasteiger partial charge in [-0.15, -0.1) is 0 Å². The number of nitrogens with zero attached hydrogens (tertiary/aromatic N) is 2. The van der Waals surface area contributed by atoms with Gasteiger partial charge in [-0.05, 0) is 47.6 Å². The molecule has 0 atom stereocenters. The van der Waals surface area contributed by atoms with Crippen molar-refractivity contribution in [2.45, 2.75) is 13.3 Å². The predicted octanol–water partition coefficient (Wildman–Crippen LogP) is 3.30. The number of fused-ring (bicyclic) bond motifs is 3. The van der Waals surface area contributed by atoms with E-state index in [9.17, 15) is 0 Å². The van der Waals surface area contributed by atoms with Gasteiger partial charge in [0.15, 0.2) is 0 Å². The van der Waals surface area contributed by atoms with Gasteiger partial charge in [-0.2, -0.15) is 0 Å². The Balaban J connectivity index is 2.25. The molecule has 100 valence electrons. The fraction of sp³-hybridized carbons (Fsp3) is 0.308. The number of aromatic amines is 1. The first-order valence-corrected chi connectivity index (χ1v) is 7.28. The molecule has 6 heteroatoms. The van der Waals surface area contributed by atoms with E-state index in [0.717, 1.165) is 50.7 Å². The van der Waals surface area contributed by atoms with Crippen molar-refractivity contribution < 1.29 is 0 Å². The van der Waals surface area contributed by atoms with Crippen LogP contribution in [-0.4, -0.2) is 28.0 Å². The van der Waals surface area contributed by atoms with Crippen molar-refractivity contribution in [3.8, 4) is 0 Å². The fourth-order valence-electron chi connectivity index (χ4n) is 2.27. The number of halogens is 2. The summed E-state index contributed by atoms with van der Waals surface area (Å²) in [5, 5.41) is 3.90. The molecule has 2 N–H and O–H groups in total. The van der Waals surface area contributed by atoms with Crippen LogP contribution in [0, 0.1) is 6.92 Å². The summed E-state index contributed by atoms with van der Waals surface area (Å²) in [7, 11) is 1.95. The zero-order valence-electron chi connectivity index (χ0n) is 10.7. The average Bonchev–Trinajstić information content (AvgIpc) is 2.90. The van der Waals surface area contributed by atoms with Crippen molar-refractivity contribution in [2.75, 3.05) is 13.6 Å². The first-order chi connectivity index (χ1) is 9.13. The number of nitrogens with one attached hydrogen (secondary N) is 2. The molecule has 1 aromatic carbocycles. The van der Waals surface area contributed by atoms with E-state index in [1.807, 2.05) is 26.1 Å². The normalized spacial score (nSPS) is 11.8. The third-order valence-electron chi connectivity index (χ3n) is 3.35. The van der Waals surface area contributed by atoms with Crippen molar-refractivity contribution in [3.05, 3.63) is 33.0 Å². The molecule has 0 saturated heterocycles. The van der Waals surface area contributed by atoms with E-state index in [-0.39, 0.29) is 0 Å². The number of aromatic nitrogens is 3. The lowest BCUT2D eigenvalue weighted by atomic mass is 10.2. The van der Waals surface area contributed by atoms with Crippen molar-refractivity contribution in [3.63, 3.8) is 0 Å². The van der Waals surface area contributed by atoms with E-state index in [2.05, 4.69) is 35.6 Å². The van der Waals surface area contributed by atoms with Gasteiger partial charge in [0.1, 0.15) is 4.60 Å². The van der Waals surface area contributed by atoms with Gasteiger partial charge in [0.05, 0.1) is 16.7 Å². The number of likely N-dealkylation sites (N-methyl/N-ethyl adjacent to an activating group) is 1. The van der Waals surface area contributed by atoms with Crippen LogP contribution in [0.5, 0.6) is 0 Å². The van der Waals surface area contributed by atoms with E-state index < -0.39 is 0 Å². The summed E-state index contributed by atoms with van der Waals surface area (Å²) in [6, 6.07) is 3.92. The summed E-state index contributed by atoms with van der Waals surface area (Å²) < 4.78 is 3.12. The van der Waals surface area contributed by atoms with Crippen LogP contribution in [0.3, 0.4) is 0 Å².